The minimum absolute atomic E-state index is 0.176. The number of rotatable bonds is 7. The smallest absolute Gasteiger partial charge is 0.416 e. The van der Waals surface area contributed by atoms with Crippen LogP contribution < -0.4 is 16.0 Å². The Bertz CT molecular complexity index is 1050. The van der Waals surface area contributed by atoms with Crippen LogP contribution in [0.25, 0.3) is 11.5 Å². The van der Waals surface area contributed by atoms with E-state index in [1.807, 2.05) is 0 Å². The molecule has 0 radical (unpaired) electrons. The highest BCUT2D eigenvalue weighted by Crippen LogP contribution is 2.30. The minimum atomic E-state index is -4.45. The predicted octanol–water partition coefficient (Wildman–Crippen LogP) is 4.11. The van der Waals surface area contributed by atoms with Crippen molar-refractivity contribution in [1.82, 2.24) is 10.3 Å². The van der Waals surface area contributed by atoms with Crippen LogP contribution in [0.15, 0.2) is 46.2 Å². The van der Waals surface area contributed by atoms with E-state index in [2.05, 4.69) is 20.9 Å². The van der Waals surface area contributed by atoms with Crippen LogP contribution >= 0.6 is 11.3 Å². The summed E-state index contributed by atoms with van der Waals surface area (Å²) in [6, 6.07) is 8.01. The van der Waals surface area contributed by atoms with Crippen molar-refractivity contribution in [3.05, 3.63) is 53.1 Å². The van der Waals surface area contributed by atoms with Gasteiger partial charge in [-0.15, -0.1) is 11.3 Å². The normalized spacial score (nSPS) is 11.2. The molecule has 0 aliphatic rings. The molecule has 158 valence electrons. The van der Waals surface area contributed by atoms with Crippen molar-refractivity contribution in [1.29, 1.82) is 0 Å². The van der Waals surface area contributed by atoms with Crippen molar-refractivity contribution in [2.75, 3.05) is 17.2 Å². The molecule has 3 N–H and O–H groups in total. The number of anilines is 2. The molecule has 0 aliphatic carbocycles. The standard InChI is InChI=1S/C19H17F3N4O3S/c1-11(27)23-8-14-5-6-16(29-14)15-10-30-18(25-15)26-17(28)9-24-13-4-2-3-12(7-13)19(20,21)22/h2-7,10,24H,8-9H2,1H3,(H,23,27)(H,25,26,28). The van der Waals surface area contributed by atoms with Gasteiger partial charge < -0.3 is 20.4 Å². The first-order chi connectivity index (χ1) is 14.2. The number of amides is 2. The molecule has 3 aromatic rings. The second-order valence-corrected chi connectivity index (χ2v) is 7.05. The molecule has 2 amide bonds. The summed E-state index contributed by atoms with van der Waals surface area (Å²) in [5.41, 5.74) is -0.105. The molecule has 1 aromatic carbocycles. The molecule has 0 saturated carbocycles. The fourth-order valence-electron chi connectivity index (χ4n) is 2.42. The van der Waals surface area contributed by atoms with Crippen LogP contribution in [0, 0.1) is 0 Å². The SMILES string of the molecule is CC(=O)NCc1ccc(-c2csc(NC(=O)CNc3cccc(C(F)(F)F)c3)n2)o1. The zero-order chi connectivity index (χ0) is 21.7. The number of benzene rings is 1. The lowest BCUT2D eigenvalue weighted by molar-refractivity contribution is -0.137. The summed E-state index contributed by atoms with van der Waals surface area (Å²) in [5, 5.41) is 9.86. The Kier molecular flexibility index (Phi) is 6.40. The van der Waals surface area contributed by atoms with Crippen molar-refractivity contribution in [3.8, 4) is 11.5 Å². The zero-order valence-corrected chi connectivity index (χ0v) is 16.5. The van der Waals surface area contributed by atoms with Crippen LogP contribution in [0.2, 0.25) is 0 Å². The Balaban J connectivity index is 1.55. The number of carbonyl (C=O) groups is 2. The summed E-state index contributed by atoms with van der Waals surface area (Å²) < 4.78 is 43.8. The molecule has 30 heavy (non-hydrogen) atoms. The Morgan fingerprint density at radius 1 is 1.20 bits per heavy atom. The van der Waals surface area contributed by atoms with Crippen LogP contribution in [-0.4, -0.2) is 23.3 Å². The third kappa shape index (κ3) is 5.83. The highest BCUT2D eigenvalue weighted by atomic mass is 32.1. The average molecular weight is 438 g/mol. The lowest BCUT2D eigenvalue weighted by Gasteiger charge is -2.10. The van der Waals surface area contributed by atoms with E-state index in [9.17, 15) is 22.8 Å². The lowest BCUT2D eigenvalue weighted by Crippen LogP contribution is -2.21. The van der Waals surface area contributed by atoms with E-state index in [4.69, 9.17) is 4.42 Å². The highest BCUT2D eigenvalue weighted by molar-refractivity contribution is 7.14. The number of nitrogens with one attached hydrogen (secondary N) is 3. The van der Waals surface area contributed by atoms with E-state index in [0.717, 1.165) is 12.1 Å². The van der Waals surface area contributed by atoms with Crippen LogP contribution in [-0.2, 0) is 22.3 Å². The van der Waals surface area contributed by atoms with E-state index in [1.54, 1.807) is 17.5 Å². The molecule has 0 saturated heterocycles. The van der Waals surface area contributed by atoms with Gasteiger partial charge in [0, 0.05) is 18.0 Å². The van der Waals surface area contributed by atoms with Gasteiger partial charge in [-0.3, -0.25) is 9.59 Å². The molecule has 0 aliphatic heterocycles. The number of carbonyl (C=O) groups excluding carboxylic acids is 2. The van der Waals surface area contributed by atoms with Gasteiger partial charge in [0.2, 0.25) is 11.8 Å². The fourth-order valence-corrected chi connectivity index (χ4v) is 3.13. The number of furan rings is 1. The first-order valence-corrected chi connectivity index (χ1v) is 9.59. The number of halogens is 3. The van der Waals surface area contributed by atoms with Crippen molar-refractivity contribution in [3.63, 3.8) is 0 Å². The van der Waals surface area contributed by atoms with Crippen molar-refractivity contribution >= 4 is 34.0 Å². The van der Waals surface area contributed by atoms with Gasteiger partial charge in [0.25, 0.3) is 0 Å². The maximum atomic E-state index is 12.7. The van der Waals surface area contributed by atoms with E-state index in [1.165, 1.54) is 30.4 Å². The molecular weight excluding hydrogens is 421 g/mol. The van der Waals surface area contributed by atoms with Gasteiger partial charge in [-0.25, -0.2) is 4.98 Å². The molecule has 2 aromatic heterocycles. The van der Waals surface area contributed by atoms with Gasteiger partial charge in [0.1, 0.15) is 11.5 Å². The van der Waals surface area contributed by atoms with E-state index >= 15 is 0 Å². The van der Waals surface area contributed by atoms with Crippen LogP contribution in [0.1, 0.15) is 18.2 Å². The average Bonchev–Trinajstić information content (AvgIpc) is 3.33. The first-order valence-electron chi connectivity index (χ1n) is 8.71. The molecule has 2 heterocycles. The van der Waals surface area contributed by atoms with E-state index in [-0.39, 0.29) is 24.7 Å². The summed E-state index contributed by atoms with van der Waals surface area (Å²) >= 11 is 1.18. The third-order valence-electron chi connectivity index (χ3n) is 3.82. The second kappa shape index (κ2) is 8.99. The molecule has 0 spiro atoms. The number of hydrogen-bond acceptors (Lipinski definition) is 6. The summed E-state index contributed by atoms with van der Waals surface area (Å²) in [4.78, 5) is 27.3. The number of alkyl halides is 3. The first kappa shape index (κ1) is 21.4. The van der Waals surface area contributed by atoms with Gasteiger partial charge in [0.05, 0.1) is 18.7 Å². The molecule has 0 unspecified atom stereocenters. The van der Waals surface area contributed by atoms with Gasteiger partial charge >= 0.3 is 6.18 Å². The molecular formula is C19H17F3N4O3S. The predicted molar refractivity (Wildman–Crippen MR) is 106 cm³/mol. The maximum Gasteiger partial charge on any atom is 0.416 e. The quantitative estimate of drug-likeness (QED) is 0.516. The topological polar surface area (TPSA) is 96.3 Å². The number of nitrogens with zero attached hydrogens (tertiary/aromatic N) is 1. The Labute approximate surface area is 173 Å². The van der Waals surface area contributed by atoms with Crippen LogP contribution in [0.3, 0.4) is 0 Å². The molecule has 3 rings (SSSR count). The van der Waals surface area contributed by atoms with Gasteiger partial charge in [-0.1, -0.05) is 6.07 Å². The lowest BCUT2D eigenvalue weighted by atomic mass is 10.2. The van der Waals surface area contributed by atoms with E-state index in [0.29, 0.717) is 22.3 Å². The monoisotopic (exact) mass is 438 g/mol. The molecule has 0 atom stereocenters. The van der Waals surface area contributed by atoms with Gasteiger partial charge in [0.15, 0.2) is 10.9 Å². The fraction of sp³-hybridized carbons (Fsp3) is 0.211. The van der Waals surface area contributed by atoms with Crippen molar-refractivity contribution < 1.29 is 27.2 Å². The second-order valence-electron chi connectivity index (χ2n) is 6.19. The molecule has 11 heteroatoms. The maximum absolute atomic E-state index is 12.7. The Morgan fingerprint density at radius 2 is 2.00 bits per heavy atom. The summed E-state index contributed by atoms with van der Waals surface area (Å²) in [7, 11) is 0. The summed E-state index contributed by atoms with van der Waals surface area (Å²) in [6.07, 6.45) is -4.45. The third-order valence-corrected chi connectivity index (χ3v) is 4.58. The summed E-state index contributed by atoms with van der Waals surface area (Å²) in [5.74, 6) is 0.405. The summed E-state index contributed by atoms with van der Waals surface area (Å²) in [6.45, 7) is 1.43. The molecule has 0 fully saturated rings. The van der Waals surface area contributed by atoms with Gasteiger partial charge in [-0.05, 0) is 30.3 Å². The van der Waals surface area contributed by atoms with Crippen LogP contribution in [0.5, 0.6) is 0 Å². The van der Waals surface area contributed by atoms with Crippen molar-refractivity contribution in [2.45, 2.75) is 19.6 Å². The number of aromatic nitrogens is 1. The van der Waals surface area contributed by atoms with Crippen LogP contribution in [0.4, 0.5) is 24.0 Å². The number of thiazole rings is 1. The van der Waals surface area contributed by atoms with E-state index < -0.39 is 17.6 Å². The molecule has 0 bridgehead atoms. The Hall–Kier alpha value is -3.34. The molecule has 7 nitrogen and oxygen atoms in total. The highest BCUT2D eigenvalue weighted by Gasteiger charge is 2.30. The Morgan fingerprint density at radius 3 is 2.73 bits per heavy atom. The minimum Gasteiger partial charge on any atom is -0.458 e. The van der Waals surface area contributed by atoms with Gasteiger partial charge in [-0.2, -0.15) is 13.2 Å². The van der Waals surface area contributed by atoms with Crippen molar-refractivity contribution in [2.24, 2.45) is 0 Å². The number of hydrogen-bond donors (Lipinski definition) is 3. The largest absolute Gasteiger partial charge is 0.458 e. The zero-order valence-electron chi connectivity index (χ0n) is 15.7.